The molecule has 1 heterocycles. The van der Waals surface area contributed by atoms with Gasteiger partial charge in [0, 0.05) is 30.2 Å². The van der Waals surface area contributed by atoms with Crippen molar-refractivity contribution in [2.75, 3.05) is 20.1 Å². The Bertz CT molecular complexity index is 385. The highest BCUT2D eigenvalue weighted by atomic mass is 35.5. The average molecular weight is 255 g/mol. The molecule has 4 heteroatoms. The van der Waals surface area contributed by atoms with Gasteiger partial charge in [0.1, 0.15) is 0 Å². The summed E-state index contributed by atoms with van der Waals surface area (Å²) in [7, 11) is 2.05. The summed E-state index contributed by atoms with van der Waals surface area (Å²) in [5.74, 6) is 0. The van der Waals surface area contributed by atoms with Crippen LogP contribution in [0.3, 0.4) is 0 Å². The molecule has 17 heavy (non-hydrogen) atoms. The van der Waals surface area contributed by atoms with Crippen molar-refractivity contribution in [1.82, 2.24) is 10.2 Å². The van der Waals surface area contributed by atoms with Gasteiger partial charge in [-0.05, 0) is 31.7 Å². The van der Waals surface area contributed by atoms with Crippen molar-refractivity contribution < 1.29 is 5.11 Å². The van der Waals surface area contributed by atoms with Gasteiger partial charge in [0.15, 0.2) is 0 Å². The SMILES string of the molecule is CC(c1cccc(Cl)c1)N(C)C1CNCC1O. The number of benzene rings is 1. The molecule has 0 aliphatic carbocycles. The van der Waals surface area contributed by atoms with Gasteiger partial charge in [-0.2, -0.15) is 0 Å². The van der Waals surface area contributed by atoms with Crippen LogP contribution >= 0.6 is 11.6 Å². The molecule has 1 fully saturated rings. The molecule has 1 saturated heterocycles. The summed E-state index contributed by atoms with van der Waals surface area (Å²) in [6.45, 7) is 3.65. The lowest BCUT2D eigenvalue weighted by atomic mass is 10.0. The number of nitrogens with one attached hydrogen (secondary N) is 1. The van der Waals surface area contributed by atoms with Crippen molar-refractivity contribution in [2.24, 2.45) is 0 Å². The maximum Gasteiger partial charge on any atom is 0.0831 e. The van der Waals surface area contributed by atoms with Gasteiger partial charge in [0.25, 0.3) is 0 Å². The number of hydrogen-bond donors (Lipinski definition) is 2. The summed E-state index contributed by atoms with van der Waals surface area (Å²) in [6.07, 6.45) is -0.290. The standard InChI is InChI=1S/C13H19ClN2O/c1-9(10-4-3-5-11(14)6-10)16(2)12-7-15-8-13(12)17/h3-6,9,12-13,15,17H,7-8H2,1-2H3. The first-order valence-electron chi connectivity index (χ1n) is 5.96. The second-order valence-corrected chi connectivity index (χ2v) is 5.13. The Hall–Kier alpha value is -0.610. The van der Waals surface area contributed by atoms with Crippen molar-refractivity contribution >= 4 is 11.6 Å². The Labute approximate surface area is 107 Å². The van der Waals surface area contributed by atoms with E-state index in [1.165, 1.54) is 5.56 Å². The Morgan fingerprint density at radius 2 is 2.24 bits per heavy atom. The molecule has 1 aliphatic rings. The van der Waals surface area contributed by atoms with Gasteiger partial charge in [-0.25, -0.2) is 0 Å². The first-order chi connectivity index (χ1) is 8.09. The van der Waals surface area contributed by atoms with Gasteiger partial charge in [0.05, 0.1) is 6.10 Å². The lowest BCUT2D eigenvalue weighted by Crippen LogP contribution is -2.42. The predicted octanol–water partition coefficient (Wildman–Crippen LogP) is 1.67. The summed E-state index contributed by atoms with van der Waals surface area (Å²) in [4.78, 5) is 2.20. The van der Waals surface area contributed by atoms with Crippen LogP contribution in [0.5, 0.6) is 0 Å². The van der Waals surface area contributed by atoms with Crippen LogP contribution in [0.2, 0.25) is 5.02 Å². The normalized spacial score (nSPS) is 26.4. The van der Waals surface area contributed by atoms with Gasteiger partial charge in [-0.1, -0.05) is 23.7 Å². The third kappa shape index (κ3) is 2.80. The van der Waals surface area contributed by atoms with E-state index in [-0.39, 0.29) is 18.2 Å². The zero-order valence-corrected chi connectivity index (χ0v) is 11.0. The van der Waals surface area contributed by atoms with Crippen LogP contribution < -0.4 is 5.32 Å². The van der Waals surface area contributed by atoms with E-state index in [2.05, 4.69) is 23.2 Å². The van der Waals surface area contributed by atoms with Crippen LogP contribution in [0.25, 0.3) is 0 Å². The fraction of sp³-hybridized carbons (Fsp3) is 0.538. The molecule has 1 aromatic rings. The van der Waals surface area contributed by atoms with E-state index >= 15 is 0 Å². The third-order valence-electron chi connectivity index (χ3n) is 3.62. The minimum atomic E-state index is -0.290. The molecule has 1 aromatic carbocycles. The van der Waals surface area contributed by atoms with E-state index < -0.39 is 0 Å². The quantitative estimate of drug-likeness (QED) is 0.861. The molecule has 0 bridgehead atoms. The number of rotatable bonds is 3. The Balaban J connectivity index is 2.11. The zero-order valence-electron chi connectivity index (χ0n) is 10.2. The summed E-state index contributed by atoms with van der Waals surface area (Å²) in [5.41, 5.74) is 1.18. The Morgan fingerprint density at radius 1 is 1.47 bits per heavy atom. The third-order valence-corrected chi connectivity index (χ3v) is 3.85. The first-order valence-corrected chi connectivity index (χ1v) is 6.33. The summed E-state index contributed by atoms with van der Waals surface area (Å²) in [5, 5.41) is 13.8. The molecule has 0 saturated carbocycles. The monoisotopic (exact) mass is 254 g/mol. The Morgan fingerprint density at radius 3 is 2.82 bits per heavy atom. The molecule has 94 valence electrons. The van der Waals surface area contributed by atoms with Gasteiger partial charge in [-0.15, -0.1) is 0 Å². The molecule has 0 radical (unpaired) electrons. The lowest BCUT2D eigenvalue weighted by Gasteiger charge is -2.32. The van der Waals surface area contributed by atoms with Gasteiger partial charge in [0.2, 0.25) is 0 Å². The van der Waals surface area contributed by atoms with Gasteiger partial charge < -0.3 is 10.4 Å². The second kappa shape index (κ2) is 5.36. The van der Waals surface area contributed by atoms with Gasteiger partial charge in [-0.3, -0.25) is 4.90 Å². The highest BCUT2D eigenvalue weighted by Gasteiger charge is 2.31. The molecule has 3 nitrogen and oxygen atoms in total. The summed E-state index contributed by atoms with van der Waals surface area (Å²) < 4.78 is 0. The van der Waals surface area contributed by atoms with E-state index in [4.69, 9.17) is 11.6 Å². The molecule has 3 atom stereocenters. The molecule has 2 rings (SSSR count). The van der Waals surface area contributed by atoms with Crippen molar-refractivity contribution in [2.45, 2.75) is 25.1 Å². The maximum absolute atomic E-state index is 9.88. The fourth-order valence-electron chi connectivity index (χ4n) is 2.36. The summed E-state index contributed by atoms with van der Waals surface area (Å²) >= 11 is 6.00. The number of aliphatic hydroxyl groups is 1. The minimum Gasteiger partial charge on any atom is -0.390 e. The average Bonchev–Trinajstić information content (AvgIpc) is 2.73. The Kier molecular flexibility index (Phi) is 4.05. The highest BCUT2D eigenvalue weighted by molar-refractivity contribution is 6.30. The molecule has 0 aromatic heterocycles. The number of aliphatic hydroxyl groups excluding tert-OH is 1. The van der Waals surface area contributed by atoms with E-state index in [1.807, 2.05) is 25.2 Å². The van der Waals surface area contributed by atoms with Crippen LogP contribution in [0, 0.1) is 0 Å². The van der Waals surface area contributed by atoms with Gasteiger partial charge >= 0.3 is 0 Å². The number of β-amino-alcohol motifs (C(OH)–C–C–N with tert-alkyl or cyclic N) is 1. The largest absolute Gasteiger partial charge is 0.390 e. The maximum atomic E-state index is 9.88. The van der Waals surface area contributed by atoms with Crippen LogP contribution in [-0.2, 0) is 0 Å². The molecule has 2 N–H and O–H groups in total. The highest BCUT2D eigenvalue weighted by Crippen LogP contribution is 2.25. The first kappa shape index (κ1) is 12.8. The van der Waals surface area contributed by atoms with Crippen molar-refractivity contribution in [3.63, 3.8) is 0 Å². The van der Waals surface area contributed by atoms with Crippen LogP contribution in [0.1, 0.15) is 18.5 Å². The molecular weight excluding hydrogens is 236 g/mol. The zero-order chi connectivity index (χ0) is 12.4. The molecule has 3 unspecified atom stereocenters. The van der Waals surface area contributed by atoms with E-state index in [0.29, 0.717) is 6.54 Å². The van der Waals surface area contributed by atoms with Crippen molar-refractivity contribution in [1.29, 1.82) is 0 Å². The molecule has 1 aliphatic heterocycles. The molecular formula is C13H19ClN2O. The van der Waals surface area contributed by atoms with Crippen LogP contribution in [0.15, 0.2) is 24.3 Å². The van der Waals surface area contributed by atoms with Crippen LogP contribution in [-0.4, -0.2) is 42.3 Å². The predicted molar refractivity (Wildman–Crippen MR) is 70.3 cm³/mol. The smallest absolute Gasteiger partial charge is 0.0831 e. The van der Waals surface area contributed by atoms with E-state index in [9.17, 15) is 5.11 Å². The minimum absolute atomic E-state index is 0.170. The topological polar surface area (TPSA) is 35.5 Å². The van der Waals surface area contributed by atoms with Crippen molar-refractivity contribution in [3.8, 4) is 0 Å². The van der Waals surface area contributed by atoms with E-state index in [1.54, 1.807) is 0 Å². The number of likely N-dealkylation sites (N-methyl/N-ethyl adjacent to an activating group) is 1. The lowest BCUT2D eigenvalue weighted by molar-refractivity contribution is 0.0776. The number of nitrogens with zero attached hydrogens (tertiary/aromatic N) is 1. The van der Waals surface area contributed by atoms with E-state index in [0.717, 1.165) is 11.6 Å². The van der Waals surface area contributed by atoms with Crippen LogP contribution in [0.4, 0.5) is 0 Å². The molecule has 0 spiro atoms. The summed E-state index contributed by atoms with van der Waals surface area (Å²) in [6, 6.07) is 8.31. The van der Waals surface area contributed by atoms with Crippen molar-refractivity contribution in [3.05, 3.63) is 34.9 Å². The molecule has 0 amide bonds. The number of hydrogen-bond acceptors (Lipinski definition) is 3. The number of halogens is 1. The second-order valence-electron chi connectivity index (χ2n) is 4.69. The fourth-order valence-corrected chi connectivity index (χ4v) is 2.55.